The van der Waals surface area contributed by atoms with Gasteiger partial charge in [0.1, 0.15) is 11.6 Å². The lowest BCUT2D eigenvalue weighted by molar-refractivity contribution is 0.0595. The zero-order valence-electron chi connectivity index (χ0n) is 16.2. The number of halogens is 2. The van der Waals surface area contributed by atoms with Crippen LogP contribution in [0.25, 0.3) is 11.1 Å². The first-order valence-corrected chi connectivity index (χ1v) is 10.0. The van der Waals surface area contributed by atoms with Gasteiger partial charge in [0, 0.05) is 54.0 Å². The topological polar surface area (TPSA) is 42.3 Å². The van der Waals surface area contributed by atoms with Crippen molar-refractivity contribution in [3.8, 4) is 11.1 Å². The summed E-state index contributed by atoms with van der Waals surface area (Å²) < 4.78 is 29.5. The monoisotopic (exact) mass is 406 g/mol. The summed E-state index contributed by atoms with van der Waals surface area (Å²) in [5.74, 6) is -0.787. The summed E-state index contributed by atoms with van der Waals surface area (Å²) in [5, 5.41) is 0. The van der Waals surface area contributed by atoms with Crippen molar-refractivity contribution in [3.63, 3.8) is 0 Å². The molecular formula is C24H20F2N2O2. The molecular weight excluding hydrogens is 386 g/mol. The summed E-state index contributed by atoms with van der Waals surface area (Å²) in [6.45, 7) is 1.49. The Morgan fingerprint density at radius 2 is 1.63 bits per heavy atom. The van der Waals surface area contributed by atoms with Crippen LogP contribution >= 0.6 is 0 Å². The van der Waals surface area contributed by atoms with Gasteiger partial charge in [-0.1, -0.05) is 18.2 Å². The van der Waals surface area contributed by atoms with Crippen molar-refractivity contribution in [1.29, 1.82) is 0 Å². The van der Waals surface area contributed by atoms with Crippen molar-refractivity contribution >= 4 is 5.91 Å². The van der Waals surface area contributed by atoms with Crippen LogP contribution < -0.4 is 5.56 Å². The van der Waals surface area contributed by atoms with E-state index in [0.29, 0.717) is 36.3 Å². The van der Waals surface area contributed by atoms with Crippen LogP contribution in [0, 0.1) is 17.6 Å². The van der Waals surface area contributed by atoms with Gasteiger partial charge in [-0.25, -0.2) is 8.78 Å². The minimum absolute atomic E-state index is 0.0644. The lowest BCUT2D eigenvalue weighted by Gasteiger charge is -2.43. The Hall–Kier alpha value is -3.28. The fourth-order valence-corrected chi connectivity index (χ4v) is 4.86. The van der Waals surface area contributed by atoms with E-state index in [0.717, 1.165) is 12.1 Å². The maximum atomic E-state index is 14.5. The summed E-state index contributed by atoms with van der Waals surface area (Å²) in [6, 6.07) is 15.3. The molecule has 2 aliphatic rings. The second-order valence-electron chi connectivity index (χ2n) is 8.08. The maximum absolute atomic E-state index is 14.5. The Labute approximate surface area is 172 Å². The highest BCUT2D eigenvalue weighted by molar-refractivity contribution is 5.94. The molecule has 2 aliphatic heterocycles. The van der Waals surface area contributed by atoms with Crippen LogP contribution in [0.5, 0.6) is 0 Å². The number of fused-ring (bicyclic) bond motifs is 4. The Morgan fingerprint density at radius 1 is 0.867 bits per heavy atom. The van der Waals surface area contributed by atoms with E-state index in [1.807, 2.05) is 0 Å². The molecule has 3 heterocycles. The van der Waals surface area contributed by atoms with Crippen LogP contribution in [0.2, 0.25) is 0 Å². The summed E-state index contributed by atoms with van der Waals surface area (Å²) >= 11 is 0. The Kier molecular flexibility index (Phi) is 4.50. The number of amides is 1. The van der Waals surface area contributed by atoms with Crippen LogP contribution in [-0.4, -0.2) is 28.5 Å². The molecule has 1 aromatic heterocycles. The number of hydrogen-bond acceptors (Lipinski definition) is 2. The van der Waals surface area contributed by atoms with Crippen molar-refractivity contribution in [2.45, 2.75) is 18.9 Å². The van der Waals surface area contributed by atoms with Gasteiger partial charge in [-0.3, -0.25) is 9.59 Å². The van der Waals surface area contributed by atoms with Gasteiger partial charge in [-0.15, -0.1) is 0 Å². The molecule has 4 nitrogen and oxygen atoms in total. The number of pyridine rings is 1. The van der Waals surface area contributed by atoms with E-state index in [1.54, 1.807) is 33.7 Å². The molecule has 0 spiro atoms. The fraction of sp³-hybridized carbons (Fsp3) is 0.250. The predicted molar refractivity (Wildman–Crippen MR) is 109 cm³/mol. The number of rotatable bonds is 2. The Balaban J connectivity index is 1.55. The number of nitrogens with zero attached hydrogens (tertiary/aromatic N) is 2. The van der Waals surface area contributed by atoms with Crippen molar-refractivity contribution in [1.82, 2.24) is 9.47 Å². The van der Waals surface area contributed by atoms with Crippen LogP contribution in [0.15, 0.2) is 65.5 Å². The lowest BCUT2D eigenvalue weighted by atomic mass is 9.80. The summed E-state index contributed by atoms with van der Waals surface area (Å²) in [7, 11) is 0. The number of carbonyl (C=O) groups is 1. The molecule has 1 fully saturated rings. The van der Waals surface area contributed by atoms with E-state index in [1.165, 1.54) is 36.4 Å². The van der Waals surface area contributed by atoms with Crippen LogP contribution in [-0.2, 0) is 6.54 Å². The van der Waals surface area contributed by atoms with Crippen molar-refractivity contribution in [2.24, 2.45) is 5.92 Å². The van der Waals surface area contributed by atoms with Gasteiger partial charge in [0.05, 0.1) is 0 Å². The van der Waals surface area contributed by atoms with E-state index in [-0.39, 0.29) is 34.9 Å². The molecule has 0 radical (unpaired) electrons. The van der Waals surface area contributed by atoms with Crippen LogP contribution in [0.3, 0.4) is 0 Å². The predicted octanol–water partition coefficient (Wildman–Crippen LogP) is 4.05. The van der Waals surface area contributed by atoms with Crippen molar-refractivity contribution in [3.05, 3.63) is 93.9 Å². The molecule has 0 saturated carbocycles. The summed E-state index contributed by atoms with van der Waals surface area (Å²) in [6.07, 6.45) is 0.845. The normalized spacial score (nSPS) is 20.0. The molecule has 2 atom stereocenters. The fourth-order valence-electron chi connectivity index (χ4n) is 4.86. The largest absolute Gasteiger partial charge is 0.338 e. The number of benzene rings is 2. The average Bonchev–Trinajstić information content (AvgIpc) is 2.75. The number of carbonyl (C=O) groups excluding carboxylic acids is 1. The minimum atomic E-state index is -0.384. The molecule has 2 bridgehead atoms. The summed E-state index contributed by atoms with van der Waals surface area (Å²) in [4.78, 5) is 27.4. The van der Waals surface area contributed by atoms with Gasteiger partial charge in [0.2, 0.25) is 0 Å². The molecule has 6 heteroatoms. The third kappa shape index (κ3) is 3.12. The highest BCUT2D eigenvalue weighted by atomic mass is 19.1. The lowest BCUT2D eigenvalue weighted by Crippen LogP contribution is -2.49. The van der Waals surface area contributed by atoms with E-state index < -0.39 is 0 Å². The molecule has 0 unspecified atom stereocenters. The summed E-state index contributed by atoms with van der Waals surface area (Å²) in [5.41, 5.74) is 2.30. The number of piperidine rings is 1. The van der Waals surface area contributed by atoms with E-state index in [4.69, 9.17) is 0 Å². The standard InChI is InChI=1S/C24H20F2N2O2/c25-18-7-5-16(6-8-18)24(30)27-12-15-11-17(14-27)23-20(9-10-22(29)28(23)13-15)19-3-1-2-4-21(19)26/h1-10,15,17H,11-14H2/t15-,17+/m0/s1. The van der Waals surface area contributed by atoms with Gasteiger partial charge in [-0.2, -0.15) is 0 Å². The zero-order chi connectivity index (χ0) is 20.8. The molecule has 1 saturated heterocycles. The van der Waals surface area contributed by atoms with Gasteiger partial charge in [0.25, 0.3) is 11.5 Å². The molecule has 30 heavy (non-hydrogen) atoms. The van der Waals surface area contributed by atoms with E-state index in [9.17, 15) is 18.4 Å². The number of hydrogen-bond donors (Lipinski definition) is 0. The molecule has 0 aliphatic carbocycles. The van der Waals surface area contributed by atoms with Crippen molar-refractivity contribution in [2.75, 3.05) is 13.1 Å². The van der Waals surface area contributed by atoms with Gasteiger partial charge in [-0.05, 0) is 48.7 Å². The third-order valence-electron chi connectivity index (χ3n) is 6.13. The third-order valence-corrected chi connectivity index (χ3v) is 6.13. The first kappa shape index (κ1) is 18.7. The van der Waals surface area contributed by atoms with Crippen LogP contribution in [0.1, 0.15) is 28.4 Å². The second-order valence-corrected chi connectivity index (χ2v) is 8.08. The quantitative estimate of drug-likeness (QED) is 0.644. The zero-order valence-corrected chi connectivity index (χ0v) is 16.2. The molecule has 1 amide bonds. The first-order valence-electron chi connectivity index (χ1n) is 10.0. The molecule has 152 valence electrons. The smallest absolute Gasteiger partial charge is 0.253 e. The average molecular weight is 406 g/mol. The Bertz CT molecular complexity index is 1190. The maximum Gasteiger partial charge on any atom is 0.253 e. The molecule has 2 aromatic carbocycles. The number of likely N-dealkylation sites (tertiary alicyclic amines) is 1. The van der Waals surface area contributed by atoms with E-state index >= 15 is 0 Å². The van der Waals surface area contributed by atoms with E-state index in [2.05, 4.69) is 0 Å². The van der Waals surface area contributed by atoms with Crippen molar-refractivity contribution < 1.29 is 13.6 Å². The molecule has 0 N–H and O–H groups in total. The highest BCUT2D eigenvalue weighted by Gasteiger charge is 2.38. The second kappa shape index (κ2) is 7.20. The molecule has 3 aromatic rings. The number of aromatic nitrogens is 1. The molecule has 5 rings (SSSR count). The minimum Gasteiger partial charge on any atom is -0.338 e. The first-order chi connectivity index (χ1) is 14.5. The highest BCUT2D eigenvalue weighted by Crippen LogP contribution is 2.40. The van der Waals surface area contributed by atoms with Crippen LogP contribution in [0.4, 0.5) is 8.78 Å². The van der Waals surface area contributed by atoms with Gasteiger partial charge >= 0.3 is 0 Å². The van der Waals surface area contributed by atoms with Gasteiger partial charge in [0.15, 0.2) is 0 Å². The SMILES string of the molecule is O=C(c1ccc(F)cc1)N1C[C@@H]2C[C@H](C1)c1c(-c3ccccc3F)ccc(=O)n1C2. The Morgan fingerprint density at radius 3 is 2.40 bits per heavy atom. The van der Waals surface area contributed by atoms with Gasteiger partial charge < -0.3 is 9.47 Å².